The lowest BCUT2D eigenvalue weighted by Gasteiger charge is -2.20. The van der Waals surface area contributed by atoms with Gasteiger partial charge in [-0.2, -0.15) is 0 Å². The number of pyridine rings is 1. The van der Waals surface area contributed by atoms with Crippen LogP contribution in [0.3, 0.4) is 0 Å². The van der Waals surface area contributed by atoms with Crippen molar-refractivity contribution in [1.82, 2.24) is 10.3 Å². The van der Waals surface area contributed by atoms with Crippen LogP contribution in [-0.2, 0) is 0 Å². The Morgan fingerprint density at radius 2 is 2.12 bits per heavy atom. The van der Waals surface area contributed by atoms with Gasteiger partial charge >= 0.3 is 0 Å². The van der Waals surface area contributed by atoms with Gasteiger partial charge in [0.15, 0.2) is 0 Å². The first-order valence-electron chi connectivity index (χ1n) is 6.40. The summed E-state index contributed by atoms with van der Waals surface area (Å²) >= 11 is 0. The SMILES string of the molecule is CCCCCC(C)N[C@@H](C)c1cccnc1. The number of nitrogens with one attached hydrogen (secondary N) is 1. The largest absolute Gasteiger partial charge is 0.308 e. The van der Waals surface area contributed by atoms with E-state index in [-0.39, 0.29) is 0 Å². The molecule has 1 heterocycles. The van der Waals surface area contributed by atoms with Crippen LogP contribution in [-0.4, -0.2) is 11.0 Å². The maximum absolute atomic E-state index is 4.15. The van der Waals surface area contributed by atoms with E-state index in [1.807, 2.05) is 18.5 Å². The Balaban J connectivity index is 2.31. The predicted molar refractivity (Wildman–Crippen MR) is 69.4 cm³/mol. The zero-order valence-electron chi connectivity index (χ0n) is 10.7. The van der Waals surface area contributed by atoms with E-state index < -0.39 is 0 Å². The minimum atomic E-state index is 0.394. The maximum atomic E-state index is 4.15. The highest BCUT2D eigenvalue weighted by molar-refractivity contribution is 5.12. The number of rotatable bonds is 7. The van der Waals surface area contributed by atoms with Crippen LogP contribution in [0.2, 0.25) is 0 Å². The summed E-state index contributed by atoms with van der Waals surface area (Å²) in [6.07, 6.45) is 8.98. The summed E-state index contributed by atoms with van der Waals surface area (Å²) in [5, 5.41) is 3.62. The third-order valence-electron chi connectivity index (χ3n) is 2.96. The van der Waals surface area contributed by atoms with E-state index in [9.17, 15) is 0 Å². The van der Waals surface area contributed by atoms with Crippen molar-refractivity contribution in [3.8, 4) is 0 Å². The van der Waals surface area contributed by atoms with Crippen molar-refractivity contribution in [2.24, 2.45) is 0 Å². The molecule has 0 bridgehead atoms. The first-order chi connectivity index (χ1) is 7.74. The minimum Gasteiger partial charge on any atom is -0.308 e. The molecule has 2 heteroatoms. The van der Waals surface area contributed by atoms with Crippen molar-refractivity contribution in [1.29, 1.82) is 0 Å². The first-order valence-corrected chi connectivity index (χ1v) is 6.40. The average Bonchev–Trinajstić information content (AvgIpc) is 2.30. The number of hydrogen-bond acceptors (Lipinski definition) is 2. The monoisotopic (exact) mass is 220 g/mol. The number of nitrogens with zero attached hydrogens (tertiary/aromatic N) is 1. The van der Waals surface area contributed by atoms with Crippen LogP contribution in [0.15, 0.2) is 24.5 Å². The van der Waals surface area contributed by atoms with E-state index in [1.165, 1.54) is 31.2 Å². The molecule has 0 aromatic carbocycles. The van der Waals surface area contributed by atoms with Crippen molar-refractivity contribution in [2.75, 3.05) is 0 Å². The van der Waals surface area contributed by atoms with Gasteiger partial charge in [0.2, 0.25) is 0 Å². The molecular weight excluding hydrogens is 196 g/mol. The Morgan fingerprint density at radius 3 is 2.75 bits per heavy atom. The van der Waals surface area contributed by atoms with Crippen molar-refractivity contribution >= 4 is 0 Å². The lowest BCUT2D eigenvalue weighted by molar-refractivity contribution is 0.439. The summed E-state index contributed by atoms with van der Waals surface area (Å²) in [6.45, 7) is 6.71. The molecule has 0 saturated heterocycles. The molecule has 2 nitrogen and oxygen atoms in total. The molecular formula is C14H24N2. The van der Waals surface area contributed by atoms with E-state index in [0.717, 1.165) is 0 Å². The van der Waals surface area contributed by atoms with Crippen molar-refractivity contribution in [3.63, 3.8) is 0 Å². The molecule has 16 heavy (non-hydrogen) atoms. The van der Waals surface area contributed by atoms with E-state index in [4.69, 9.17) is 0 Å². The second-order valence-corrected chi connectivity index (χ2v) is 4.57. The Hall–Kier alpha value is -0.890. The van der Waals surface area contributed by atoms with E-state index in [1.54, 1.807) is 0 Å². The summed E-state index contributed by atoms with van der Waals surface area (Å²) in [5.74, 6) is 0. The number of hydrogen-bond donors (Lipinski definition) is 1. The van der Waals surface area contributed by atoms with Crippen molar-refractivity contribution < 1.29 is 0 Å². The van der Waals surface area contributed by atoms with Crippen LogP contribution in [0.4, 0.5) is 0 Å². The van der Waals surface area contributed by atoms with Gasteiger partial charge < -0.3 is 5.32 Å². The fraction of sp³-hybridized carbons (Fsp3) is 0.643. The first kappa shape index (κ1) is 13.2. The van der Waals surface area contributed by atoms with Crippen molar-refractivity contribution in [2.45, 2.75) is 58.5 Å². The summed E-state index contributed by atoms with van der Waals surface area (Å²) in [6, 6.07) is 5.10. The molecule has 0 aliphatic heterocycles. The van der Waals surface area contributed by atoms with Gasteiger partial charge in [-0.15, -0.1) is 0 Å². The molecule has 1 rings (SSSR count). The fourth-order valence-electron chi connectivity index (χ4n) is 1.94. The number of aromatic nitrogens is 1. The molecule has 1 aromatic heterocycles. The van der Waals surface area contributed by atoms with Crippen molar-refractivity contribution in [3.05, 3.63) is 30.1 Å². The lowest BCUT2D eigenvalue weighted by atomic mass is 10.1. The molecule has 0 saturated carbocycles. The summed E-state index contributed by atoms with van der Waals surface area (Å²) in [7, 11) is 0. The van der Waals surface area contributed by atoms with Crippen LogP contribution in [0.5, 0.6) is 0 Å². The van der Waals surface area contributed by atoms with Crippen LogP contribution < -0.4 is 5.32 Å². The van der Waals surface area contributed by atoms with Gasteiger partial charge in [-0.25, -0.2) is 0 Å². The van der Waals surface area contributed by atoms with Crippen LogP contribution in [0, 0.1) is 0 Å². The molecule has 1 N–H and O–H groups in total. The average molecular weight is 220 g/mol. The molecule has 1 aromatic rings. The Labute approximate surface area is 99.5 Å². The molecule has 0 aliphatic rings. The quantitative estimate of drug-likeness (QED) is 0.709. The smallest absolute Gasteiger partial charge is 0.0315 e. The fourth-order valence-corrected chi connectivity index (χ4v) is 1.94. The molecule has 1 unspecified atom stereocenters. The Morgan fingerprint density at radius 1 is 1.31 bits per heavy atom. The highest BCUT2D eigenvalue weighted by atomic mass is 14.9. The van der Waals surface area contributed by atoms with Gasteiger partial charge in [0.25, 0.3) is 0 Å². The maximum Gasteiger partial charge on any atom is 0.0315 e. The Kier molecular flexibility index (Phi) is 6.09. The molecule has 0 radical (unpaired) electrons. The Bertz CT molecular complexity index is 271. The van der Waals surface area contributed by atoms with E-state index in [2.05, 4.69) is 37.1 Å². The van der Waals surface area contributed by atoms with Crippen LogP contribution in [0.1, 0.15) is 58.1 Å². The van der Waals surface area contributed by atoms with Gasteiger partial charge in [-0.05, 0) is 31.9 Å². The molecule has 0 spiro atoms. The van der Waals surface area contributed by atoms with Gasteiger partial charge in [-0.3, -0.25) is 4.98 Å². The molecule has 2 atom stereocenters. The second kappa shape index (κ2) is 7.39. The highest BCUT2D eigenvalue weighted by Gasteiger charge is 2.08. The topological polar surface area (TPSA) is 24.9 Å². The predicted octanol–water partition coefficient (Wildman–Crippen LogP) is 3.70. The third kappa shape index (κ3) is 4.75. The highest BCUT2D eigenvalue weighted by Crippen LogP contribution is 2.12. The normalized spacial score (nSPS) is 14.7. The molecule has 0 aliphatic carbocycles. The van der Waals surface area contributed by atoms with Crippen LogP contribution >= 0.6 is 0 Å². The molecule has 0 amide bonds. The van der Waals surface area contributed by atoms with Gasteiger partial charge in [0.1, 0.15) is 0 Å². The van der Waals surface area contributed by atoms with Gasteiger partial charge in [-0.1, -0.05) is 32.3 Å². The van der Waals surface area contributed by atoms with E-state index in [0.29, 0.717) is 12.1 Å². The second-order valence-electron chi connectivity index (χ2n) is 4.57. The summed E-state index contributed by atoms with van der Waals surface area (Å²) in [4.78, 5) is 4.15. The zero-order valence-corrected chi connectivity index (χ0v) is 10.7. The summed E-state index contributed by atoms with van der Waals surface area (Å²) in [5.41, 5.74) is 1.27. The zero-order chi connectivity index (χ0) is 11.8. The lowest BCUT2D eigenvalue weighted by Crippen LogP contribution is -2.28. The van der Waals surface area contributed by atoms with E-state index >= 15 is 0 Å². The van der Waals surface area contributed by atoms with Crippen LogP contribution in [0.25, 0.3) is 0 Å². The standard InChI is InChI=1S/C14H24N2/c1-4-5-6-8-12(2)16-13(3)14-9-7-10-15-11-14/h7,9-13,16H,4-6,8H2,1-3H3/t12?,13-/m0/s1. The number of unbranched alkanes of at least 4 members (excludes halogenated alkanes) is 2. The van der Waals surface area contributed by atoms with Gasteiger partial charge in [0.05, 0.1) is 0 Å². The molecule has 0 fully saturated rings. The van der Waals surface area contributed by atoms with Gasteiger partial charge in [0, 0.05) is 24.5 Å². The third-order valence-corrected chi connectivity index (χ3v) is 2.96. The summed E-state index contributed by atoms with van der Waals surface area (Å²) < 4.78 is 0. The minimum absolute atomic E-state index is 0.394. The molecule has 90 valence electrons.